The van der Waals surface area contributed by atoms with Crippen molar-refractivity contribution in [3.05, 3.63) is 53.4 Å². The number of benzene rings is 1. The number of carbonyl (C=O) groups is 3. The fourth-order valence-electron chi connectivity index (χ4n) is 2.49. The molecule has 10 heteroatoms. The molecule has 1 saturated heterocycles. The maximum Gasteiger partial charge on any atom is 0.416 e. The fourth-order valence-corrected chi connectivity index (χ4v) is 2.49. The first-order valence-electron chi connectivity index (χ1n) is 7.88. The maximum absolute atomic E-state index is 12.8. The Kier molecular flexibility index (Phi) is 4.95. The summed E-state index contributed by atoms with van der Waals surface area (Å²) >= 11 is 0. The molecule has 2 heterocycles. The summed E-state index contributed by atoms with van der Waals surface area (Å²) < 4.78 is 48.4. The van der Waals surface area contributed by atoms with Gasteiger partial charge in [0.25, 0.3) is 5.91 Å². The normalized spacial score (nSPS) is 15.9. The molecular weight excluding hydrogens is 381 g/mol. The number of alkyl halides is 3. The predicted octanol–water partition coefficient (Wildman–Crippen LogP) is 3.03. The number of esters is 1. The second kappa shape index (κ2) is 7.22. The predicted molar refractivity (Wildman–Crippen MR) is 89.4 cm³/mol. The van der Waals surface area contributed by atoms with Crippen molar-refractivity contribution in [2.24, 2.45) is 0 Å². The Bertz CT molecular complexity index is 978. The molecule has 146 valence electrons. The van der Waals surface area contributed by atoms with E-state index in [1.165, 1.54) is 30.3 Å². The molecule has 1 fully saturated rings. The van der Waals surface area contributed by atoms with Gasteiger partial charge in [-0.3, -0.25) is 9.59 Å². The Morgan fingerprint density at radius 2 is 2.00 bits per heavy atom. The molecule has 3 rings (SSSR count). The van der Waals surface area contributed by atoms with Gasteiger partial charge in [0.15, 0.2) is 0 Å². The molecule has 0 saturated carbocycles. The highest BCUT2D eigenvalue weighted by molar-refractivity contribution is 6.15. The van der Waals surface area contributed by atoms with Gasteiger partial charge in [-0.1, -0.05) is 12.1 Å². The van der Waals surface area contributed by atoms with Crippen molar-refractivity contribution in [1.82, 2.24) is 10.2 Å². The topological polar surface area (TPSA) is 88.8 Å². The average Bonchev–Trinajstić information content (AvgIpc) is 3.21. The molecule has 7 nitrogen and oxygen atoms in total. The molecule has 1 aromatic heterocycles. The molecule has 0 bridgehead atoms. The van der Waals surface area contributed by atoms with E-state index in [0.29, 0.717) is 4.90 Å². The quantitative estimate of drug-likeness (QED) is 0.489. The number of furan rings is 1. The Morgan fingerprint density at radius 3 is 2.68 bits per heavy atom. The summed E-state index contributed by atoms with van der Waals surface area (Å²) in [5, 5.41) is 2.29. The van der Waals surface area contributed by atoms with E-state index >= 15 is 0 Å². The lowest BCUT2D eigenvalue weighted by molar-refractivity contribution is -0.143. The van der Waals surface area contributed by atoms with E-state index in [4.69, 9.17) is 4.42 Å². The summed E-state index contributed by atoms with van der Waals surface area (Å²) in [5.41, 5.74) is -0.759. The van der Waals surface area contributed by atoms with E-state index in [0.717, 1.165) is 19.2 Å². The van der Waals surface area contributed by atoms with Gasteiger partial charge in [0.2, 0.25) is 0 Å². The Balaban J connectivity index is 1.82. The molecule has 3 amide bonds. The van der Waals surface area contributed by atoms with Crippen molar-refractivity contribution in [2.45, 2.75) is 6.18 Å². The summed E-state index contributed by atoms with van der Waals surface area (Å²) in [6, 6.07) is 6.66. The van der Waals surface area contributed by atoms with Gasteiger partial charge in [-0.15, -0.1) is 0 Å². The second-order valence-electron chi connectivity index (χ2n) is 5.74. The molecule has 0 spiro atoms. The van der Waals surface area contributed by atoms with Crippen LogP contribution in [0.5, 0.6) is 0 Å². The van der Waals surface area contributed by atoms with E-state index in [-0.39, 0.29) is 22.8 Å². The molecule has 28 heavy (non-hydrogen) atoms. The van der Waals surface area contributed by atoms with Crippen LogP contribution in [0.15, 0.2) is 46.5 Å². The Labute approximate surface area is 156 Å². The minimum Gasteiger partial charge on any atom is -0.468 e. The van der Waals surface area contributed by atoms with E-state index in [9.17, 15) is 27.6 Å². The lowest BCUT2D eigenvalue weighted by atomic mass is 10.1. The first kappa shape index (κ1) is 19.2. The number of rotatable bonds is 4. The minimum atomic E-state index is -4.49. The first-order chi connectivity index (χ1) is 13.2. The zero-order chi connectivity index (χ0) is 20.5. The zero-order valence-corrected chi connectivity index (χ0v) is 14.4. The highest BCUT2D eigenvalue weighted by atomic mass is 19.4. The fraction of sp³-hybridized carbons (Fsp3) is 0.167. The van der Waals surface area contributed by atoms with Crippen molar-refractivity contribution >= 4 is 24.0 Å². The smallest absolute Gasteiger partial charge is 0.416 e. The highest BCUT2D eigenvalue weighted by Gasteiger charge is 2.35. The van der Waals surface area contributed by atoms with Gasteiger partial charge in [0.05, 0.1) is 12.7 Å². The van der Waals surface area contributed by atoms with Crippen LogP contribution >= 0.6 is 0 Å². The SMILES string of the molecule is COC(=O)CN1C(=O)N/C(=C/c2ccc(-c3cccc(C(F)(F)F)c3)o2)C1=O. The van der Waals surface area contributed by atoms with E-state index in [1.807, 2.05) is 0 Å². The van der Waals surface area contributed by atoms with Crippen LogP contribution in [0.25, 0.3) is 17.4 Å². The molecule has 0 radical (unpaired) electrons. The van der Waals surface area contributed by atoms with Crippen molar-refractivity contribution in [2.75, 3.05) is 13.7 Å². The number of ether oxygens (including phenoxy) is 1. The van der Waals surface area contributed by atoms with Gasteiger partial charge in [-0.25, -0.2) is 9.69 Å². The minimum absolute atomic E-state index is 0.135. The summed E-state index contributed by atoms with van der Waals surface area (Å²) in [4.78, 5) is 35.9. The van der Waals surface area contributed by atoms with Crippen LogP contribution in [0.2, 0.25) is 0 Å². The van der Waals surface area contributed by atoms with Crippen molar-refractivity contribution < 1.29 is 36.7 Å². The third-order valence-corrected chi connectivity index (χ3v) is 3.86. The van der Waals surface area contributed by atoms with Gasteiger partial charge >= 0.3 is 18.2 Å². The van der Waals surface area contributed by atoms with Gasteiger partial charge in [0, 0.05) is 11.6 Å². The third-order valence-electron chi connectivity index (χ3n) is 3.86. The molecule has 1 aliphatic heterocycles. The number of hydrogen-bond donors (Lipinski definition) is 1. The lowest BCUT2D eigenvalue weighted by Crippen LogP contribution is -2.36. The molecule has 1 N–H and O–H groups in total. The maximum atomic E-state index is 12.8. The van der Waals surface area contributed by atoms with Gasteiger partial charge < -0.3 is 14.5 Å². The summed E-state index contributed by atoms with van der Waals surface area (Å²) in [6.07, 6.45) is -3.27. The van der Waals surface area contributed by atoms with Gasteiger partial charge in [-0.05, 0) is 24.3 Å². The average molecular weight is 394 g/mol. The number of nitrogens with one attached hydrogen (secondary N) is 1. The third kappa shape index (κ3) is 3.90. The Hall–Kier alpha value is -3.56. The number of urea groups is 1. The summed E-state index contributed by atoms with van der Waals surface area (Å²) in [6.45, 7) is -0.549. The number of halogens is 3. The van der Waals surface area contributed by atoms with E-state index in [1.54, 1.807) is 0 Å². The molecule has 1 aliphatic rings. The van der Waals surface area contributed by atoms with E-state index in [2.05, 4.69) is 10.1 Å². The number of carbonyl (C=O) groups excluding carboxylic acids is 3. The van der Waals surface area contributed by atoms with Crippen LogP contribution in [0.1, 0.15) is 11.3 Å². The van der Waals surface area contributed by atoms with Crippen LogP contribution in [-0.4, -0.2) is 36.5 Å². The summed E-state index contributed by atoms with van der Waals surface area (Å²) in [5.74, 6) is -1.24. The first-order valence-corrected chi connectivity index (χ1v) is 7.88. The van der Waals surface area contributed by atoms with Gasteiger partial charge in [-0.2, -0.15) is 13.2 Å². The molecule has 2 aromatic rings. The van der Waals surface area contributed by atoms with Crippen LogP contribution in [0.3, 0.4) is 0 Å². The van der Waals surface area contributed by atoms with Crippen molar-refractivity contribution in [3.63, 3.8) is 0 Å². The molecule has 0 aliphatic carbocycles. The van der Waals surface area contributed by atoms with E-state index < -0.39 is 36.2 Å². The second-order valence-corrected chi connectivity index (χ2v) is 5.74. The van der Waals surface area contributed by atoms with Gasteiger partial charge in [0.1, 0.15) is 23.8 Å². The van der Waals surface area contributed by atoms with Crippen LogP contribution < -0.4 is 5.32 Å². The number of hydrogen-bond acceptors (Lipinski definition) is 5. The molecule has 1 aromatic carbocycles. The number of methoxy groups -OCH3 is 1. The van der Waals surface area contributed by atoms with Crippen molar-refractivity contribution in [3.8, 4) is 11.3 Å². The van der Waals surface area contributed by atoms with Crippen LogP contribution in [-0.2, 0) is 20.5 Å². The highest BCUT2D eigenvalue weighted by Crippen LogP contribution is 2.33. The monoisotopic (exact) mass is 394 g/mol. The van der Waals surface area contributed by atoms with Crippen LogP contribution in [0, 0.1) is 0 Å². The molecule has 0 unspecified atom stereocenters. The zero-order valence-electron chi connectivity index (χ0n) is 14.4. The largest absolute Gasteiger partial charge is 0.468 e. The number of nitrogens with zero attached hydrogens (tertiary/aromatic N) is 1. The molecule has 0 atom stereocenters. The Morgan fingerprint density at radius 1 is 1.25 bits per heavy atom. The summed E-state index contributed by atoms with van der Waals surface area (Å²) in [7, 11) is 1.12. The number of imide groups is 1. The lowest BCUT2D eigenvalue weighted by Gasteiger charge is -2.08. The standard InChI is InChI=1S/C18H13F3N2O5/c1-27-15(24)9-23-16(25)13(22-17(23)26)8-12-5-6-14(28-12)10-3-2-4-11(7-10)18(19,20)21/h2-8H,9H2,1H3,(H,22,26)/b13-8+. The number of amides is 3. The molecular formula is C18H13F3N2O5. The van der Waals surface area contributed by atoms with Crippen molar-refractivity contribution in [1.29, 1.82) is 0 Å². The van der Waals surface area contributed by atoms with Crippen LogP contribution in [0.4, 0.5) is 18.0 Å².